The lowest BCUT2D eigenvalue weighted by molar-refractivity contribution is 0.903. The minimum Gasteiger partial charge on any atom is -0.384 e. The number of anilines is 1. The second-order valence-electron chi connectivity index (χ2n) is 4.17. The first-order valence-corrected chi connectivity index (χ1v) is 6.51. The topological polar surface area (TPSA) is 66.0 Å². The van der Waals surface area contributed by atoms with E-state index >= 15 is 0 Å². The van der Waals surface area contributed by atoms with Gasteiger partial charge in [-0.05, 0) is 19.1 Å². The number of hydrogen-bond acceptors (Lipinski definition) is 4. The summed E-state index contributed by atoms with van der Waals surface area (Å²) in [4.78, 5) is 6.51. The van der Waals surface area contributed by atoms with Crippen LogP contribution in [0.25, 0.3) is 0 Å². The second-order valence-corrected chi connectivity index (χ2v) is 5.11. The monoisotopic (exact) mass is 260 g/mol. The predicted molar refractivity (Wildman–Crippen MR) is 76.4 cm³/mol. The summed E-state index contributed by atoms with van der Waals surface area (Å²) in [5, 5.41) is 10.7. The molecule has 1 aromatic carbocycles. The largest absolute Gasteiger partial charge is 0.384 e. The van der Waals surface area contributed by atoms with Crippen molar-refractivity contribution in [2.75, 3.05) is 11.9 Å². The average molecular weight is 260 g/mol. The normalized spacial score (nSPS) is 10.3. The van der Waals surface area contributed by atoms with Crippen LogP contribution in [-0.4, -0.2) is 17.9 Å². The van der Waals surface area contributed by atoms with Crippen LogP contribution in [0.4, 0.5) is 5.69 Å². The molecule has 0 radical (unpaired) electrons. The predicted octanol–water partition coefficient (Wildman–Crippen LogP) is 2.37. The van der Waals surface area contributed by atoms with Gasteiger partial charge in [0.15, 0.2) is 0 Å². The molecule has 0 amide bonds. The fraction of sp³-hybridized carbons (Fsp3) is 0.231. The van der Waals surface area contributed by atoms with E-state index in [1.807, 2.05) is 43.6 Å². The molecule has 3 N–H and O–H groups in total. The maximum Gasteiger partial charge on any atom is 0.124 e. The molecule has 0 aliphatic carbocycles. The van der Waals surface area contributed by atoms with E-state index in [4.69, 9.17) is 11.1 Å². The number of nitrogens with zero attached hydrogens (tertiary/aromatic N) is 2. The van der Waals surface area contributed by atoms with Crippen molar-refractivity contribution < 1.29 is 0 Å². The lowest BCUT2D eigenvalue weighted by atomic mass is 10.1. The molecule has 4 nitrogen and oxygen atoms in total. The molecule has 5 heteroatoms. The summed E-state index contributed by atoms with van der Waals surface area (Å²) in [5.74, 6) is 0.0905. The van der Waals surface area contributed by atoms with Crippen molar-refractivity contribution in [1.82, 2.24) is 4.98 Å². The number of benzene rings is 1. The van der Waals surface area contributed by atoms with Gasteiger partial charge in [-0.1, -0.05) is 12.1 Å². The number of thiazole rings is 1. The van der Waals surface area contributed by atoms with Gasteiger partial charge in [0.25, 0.3) is 0 Å². The van der Waals surface area contributed by atoms with E-state index < -0.39 is 0 Å². The maximum absolute atomic E-state index is 7.59. The average Bonchev–Trinajstić information content (AvgIpc) is 2.74. The van der Waals surface area contributed by atoms with Crippen LogP contribution >= 0.6 is 11.3 Å². The number of nitrogens with two attached hydrogens (primary N) is 1. The van der Waals surface area contributed by atoms with Crippen molar-refractivity contribution in [3.05, 3.63) is 45.9 Å². The van der Waals surface area contributed by atoms with Gasteiger partial charge in [-0.15, -0.1) is 11.3 Å². The summed E-state index contributed by atoms with van der Waals surface area (Å²) in [6, 6.07) is 7.67. The zero-order chi connectivity index (χ0) is 13.1. The van der Waals surface area contributed by atoms with Gasteiger partial charge in [-0.2, -0.15) is 0 Å². The molecular weight excluding hydrogens is 244 g/mol. The first kappa shape index (κ1) is 12.6. The standard InChI is InChI=1S/C13H16N4S/c1-9-8-18-12(16-9)7-17(2)11-6-4-3-5-10(11)13(14)15/h3-6,8H,7H2,1-2H3,(H3,14,15). The minimum atomic E-state index is 0.0905. The first-order valence-electron chi connectivity index (χ1n) is 5.63. The van der Waals surface area contributed by atoms with Crippen LogP contribution in [0.2, 0.25) is 0 Å². The lowest BCUT2D eigenvalue weighted by Gasteiger charge is -2.20. The van der Waals surface area contributed by atoms with Crippen molar-refractivity contribution in [3.8, 4) is 0 Å². The van der Waals surface area contributed by atoms with Crippen molar-refractivity contribution >= 4 is 22.9 Å². The second kappa shape index (κ2) is 5.18. The summed E-state index contributed by atoms with van der Waals surface area (Å²) >= 11 is 1.65. The highest BCUT2D eigenvalue weighted by molar-refractivity contribution is 7.09. The van der Waals surface area contributed by atoms with Crippen molar-refractivity contribution in [3.63, 3.8) is 0 Å². The number of rotatable bonds is 4. The van der Waals surface area contributed by atoms with E-state index in [2.05, 4.69) is 9.88 Å². The zero-order valence-corrected chi connectivity index (χ0v) is 11.3. The number of aromatic nitrogens is 1. The van der Waals surface area contributed by atoms with Crippen molar-refractivity contribution in [1.29, 1.82) is 5.41 Å². The number of hydrogen-bond donors (Lipinski definition) is 2. The molecule has 1 heterocycles. The van der Waals surface area contributed by atoms with Crippen LogP contribution < -0.4 is 10.6 Å². The number of nitrogens with one attached hydrogen (secondary N) is 1. The SMILES string of the molecule is Cc1csc(CN(C)c2ccccc2C(=N)N)n1. The van der Waals surface area contributed by atoms with Gasteiger partial charge < -0.3 is 10.6 Å². The highest BCUT2D eigenvalue weighted by atomic mass is 32.1. The number of nitrogen functional groups attached to an aromatic ring is 1. The number of para-hydroxylation sites is 1. The van der Waals surface area contributed by atoms with Crippen molar-refractivity contribution in [2.24, 2.45) is 5.73 Å². The summed E-state index contributed by atoms with van der Waals surface area (Å²) in [6.07, 6.45) is 0. The van der Waals surface area contributed by atoms with Gasteiger partial charge in [0, 0.05) is 29.4 Å². The quantitative estimate of drug-likeness (QED) is 0.655. The first-order chi connectivity index (χ1) is 8.58. The third-order valence-electron chi connectivity index (χ3n) is 2.64. The fourth-order valence-electron chi connectivity index (χ4n) is 1.80. The fourth-order valence-corrected chi connectivity index (χ4v) is 2.62. The van der Waals surface area contributed by atoms with Crippen LogP contribution in [0, 0.1) is 12.3 Å². The number of amidine groups is 1. The molecule has 2 aromatic rings. The molecule has 0 spiro atoms. The lowest BCUT2D eigenvalue weighted by Crippen LogP contribution is -2.21. The highest BCUT2D eigenvalue weighted by Gasteiger charge is 2.10. The molecule has 18 heavy (non-hydrogen) atoms. The molecule has 0 aliphatic heterocycles. The maximum atomic E-state index is 7.59. The molecule has 0 saturated heterocycles. The Morgan fingerprint density at radius 1 is 1.44 bits per heavy atom. The van der Waals surface area contributed by atoms with Crippen LogP contribution in [0.3, 0.4) is 0 Å². The summed E-state index contributed by atoms with van der Waals surface area (Å²) in [5.41, 5.74) is 8.35. The van der Waals surface area contributed by atoms with Crippen molar-refractivity contribution in [2.45, 2.75) is 13.5 Å². The molecular formula is C13H16N4S. The molecule has 0 atom stereocenters. The summed E-state index contributed by atoms with van der Waals surface area (Å²) < 4.78 is 0. The Morgan fingerprint density at radius 2 is 2.17 bits per heavy atom. The van der Waals surface area contributed by atoms with Gasteiger partial charge >= 0.3 is 0 Å². The van der Waals surface area contributed by atoms with E-state index in [0.29, 0.717) is 0 Å². The molecule has 2 rings (SSSR count). The van der Waals surface area contributed by atoms with Crippen LogP contribution in [0.5, 0.6) is 0 Å². The Bertz CT molecular complexity index is 562. The smallest absolute Gasteiger partial charge is 0.124 e. The Kier molecular flexibility index (Phi) is 3.62. The Hall–Kier alpha value is -1.88. The summed E-state index contributed by atoms with van der Waals surface area (Å²) in [6.45, 7) is 2.71. The Balaban J connectivity index is 2.23. The van der Waals surface area contributed by atoms with Gasteiger partial charge in [0.2, 0.25) is 0 Å². The van der Waals surface area contributed by atoms with Crippen LogP contribution in [0.1, 0.15) is 16.3 Å². The molecule has 94 valence electrons. The molecule has 0 unspecified atom stereocenters. The van der Waals surface area contributed by atoms with Crippen LogP contribution in [0.15, 0.2) is 29.6 Å². The molecule has 0 bridgehead atoms. The Labute approximate surface area is 111 Å². The van der Waals surface area contributed by atoms with E-state index in [9.17, 15) is 0 Å². The summed E-state index contributed by atoms with van der Waals surface area (Å²) in [7, 11) is 1.98. The van der Waals surface area contributed by atoms with Gasteiger partial charge in [-0.25, -0.2) is 4.98 Å². The van der Waals surface area contributed by atoms with E-state index in [-0.39, 0.29) is 5.84 Å². The number of aryl methyl sites for hydroxylation is 1. The Morgan fingerprint density at radius 3 is 2.78 bits per heavy atom. The molecule has 0 saturated carbocycles. The van der Waals surface area contributed by atoms with Crippen LogP contribution in [-0.2, 0) is 6.54 Å². The third kappa shape index (κ3) is 2.68. The molecule has 1 aromatic heterocycles. The van der Waals surface area contributed by atoms with E-state index in [1.165, 1.54) is 0 Å². The van der Waals surface area contributed by atoms with E-state index in [0.717, 1.165) is 28.5 Å². The molecule has 0 aliphatic rings. The highest BCUT2D eigenvalue weighted by Crippen LogP contribution is 2.21. The minimum absolute atomic E-state index is 0.0905. The van der Waals surface area contributed by atoms with Gasteiger partial charge in [0.05, 0.1) is 6.54 Å². The van der Waals surface area contributed by atoms with E-state index in [1.54, 1.807) is 11.3 Å². The zero-order valence-electron chi connectivity index (χ0n) is 10.5. The third-order valence-corrected chi connectivity index (χ3v) is 3.60. The van der Waals surface area contributed by atoms with Gasteiger partial charge in [-0.3, -0.25) is 5.41 Å². The van der Waals surface area contributed by atoms with Gasteiger partial charge in [0.1, 0.15) is 10.8 Å². The molecule has 0 fully saturated rings.